The SMILES string of the molecule is CC(NC(=O)c1ccc(F)c(F)c1F)C1CCNCC1. The molecule has 1 saturated heterocycles. The van der Waals surface area contributed by atoms with Gasteiger partial charge in [-0.1, -0.05) is 0 Å². The van der Waals surface area contributed by atoms with E-state index in [-0.39, 0.29) is 6.04 Å². The molecule has 1 amide bonds. The highest BCUT2D eigenvalue weighted by atomic mass is 19.2. The largest absolute Gasteiger partial charge is 0.349 e. The van der Waals surface area contributed by atoms with Crippen LogP contribution >= 0.6 is 0 Å². The van der Waals surface area contributed by atoms with E-state index in [1.165, 1.54) is 0 Å². The zero-order valence-electron chi connectivity index (χ0n) is 11.2. The smallest absolute Gasteiger partial charge is 0.254 e. The molecule has 2 N–H and O–H groups in total. The summed E-state index contributed by atoms with van der Waals surface area (Å²) in [6.07, 6.45) is 1.84. The Kier molecular flexibility index (Phi) is 4.65. The number of halogens is 3. The average Bonchev–Trinajstić information content (AvgIpc) is 2.45. The first-order chi connectivity index (χ1) is 9.50. The Balaban J connectivity index is 2.06. The number of hydrogen-bond acceptors (Lipinski definition) is 2. The lowest BCUT2D eigenvalue weighted by Gasteiger charge is -2.28. The summed E-state index contributed by atoms with van der Waals surface area (Å²) in [5.74, 6) is -4.78. The van der Waals surface area contributed by atoms with Gasteiger partial charge in [0.05, 0.1) is 5.56 Å². The van der Waals surface area contributed by atoms with Gasteiger partial charge in [0.25, 0.3) is 5.91 Å². The van der Waals surface area contributed by atoms with Crippen LogP contribution in [0.2, 0.25) is 0 Å². The second-order valence-electron chi connectivity index (χ2n) is 5.07. The van der Waals surface area contributed by atoms with Crippen LogP contribution in [0.5, 0.6) is 0 Å². The lowest BCUT2D eigenvalue weighted by Crippen LogP contribution is -2.42. The van der Waals surface area contributed by atoms with Crippen LogP contribution in [0.1, 0.15) is 30.1 Å². The molecule has 1 atom stereocenters. The van der Waals surface area contributed by atoms with Crippen molar-refractivity contribution in [3.63, 3.8) is 0 Å². The Morgan fingerprint density at radius 2 is 1.90 bits per heavy atom. The maximum absolute atomic E-state index is 13.5. The van der Waals surface area contributed by atoms with Crippen LogP contribution < -0.4 is 10.6 Å². The minimum Gasteiger partial charge on any atom is -0.349 e. The molecule has 0 spiro atoms. The standard InChI is InChI=1S/C14H17F3N2O/c1-8(9-4-6-18-7-5-9)19-14(20)10-2-3-11(15)13(17)12(10)16/h2-3,8-9,18H,4-7H2,1H3,(H,19,20). The topological polar surface area (TPSA) is 41.1 Å². The van der Waals surface area contributed by atoms with Crippen molar-refractivity contribution >= 4 is 5.91 Å². The third-order valence-electron chi connectivity index (χ3n) is 3.73. The van der Waals surface area contributed by atoms with Gasteiger partial charge >= 0.3 is 0 Å². The molecule has 1 unspecified atom stereocenters. The second kappa shape index (κ2) is 6.26. The van der Waals surface area contributed by atoms with Gasteiger partial charge in [0, 0.05) is 6.04 Å². The molecular formula is C14H17F3N2O. The third-order valence-corrected chi connectivity index (χ3v) is 3.73. The van der Waals surface area contributed by atoms with Crippen LogP contribution in [0.4, 0.5) is 13.2 Å². The van der Waals surface area contributed by atoms with Crippen molar-refractivity contribution in [1.82, 2.24) is 10.6 Å². The third kappa shape index (κ3) is 3.12. The summed E-state index contributed by atoms with van der Waals surface area (Å²) >= 11 is 0. The van der Waals surface area contributed by atoms with Crippen LogP contribution in [0.3, 0.4) is 0 Å². The fourth-order valence-corrected chi connectivity index (χ4v) is 2.45. The van der Waals surface area contributed by atoms with Gasteiger partial charge in [-0.25, -0.2) is 13.2 Å². The molecule has 0 saturated carbocycles. The quantitative estimate of drug-likeness (QED) is 0.837. The number of piperidine rings is 1. The first-order valence-corrected chi connectivity index (χ1v) is 6.65. The molecular weight excluding hydrogens is 269 g/mol. The Hall–Kier alpha value is -1.56. The number of hydrogen-bond donors (Lipinski definition) is 2. The summed E-state index contributed by atoms with van der Waals surface area (Å²) in [4.78, 5) is 11.9. The molecule has 1 fully saturated rings. The molecule has 0 aromatic heterocycles. The lowest BCUT2D eigenvalue weighted by molar-refractivity contribution is 0.0915. The van der Waals surface area contributed by atoms with Gasteiger partial charge in [0.2, 0.25) is 0 Å². The number of nitrogens with one attached hydrogen (secondary N) is 2. The first-order valence-electron chi connectivity index (χ1n) is 6.65. The molecule has 1 aliphatic heterocycles. The van der Waals surface area contributed by atoms with E-state index in [9.17, 15) is 18.0 Å². The van der Waals surface area contributed by atoms with Crippen LogP contribution in [0.15, 0.2) is 12.1 Å². The Labute approximate surface area is 115 Å². The van der Waals surface area contributed by atoms with Gasteiger partial charge in [-0.05, 0) is 50.9 Å². The maximum atomic E-state index is 13.5. The summed E-state index contributed by atoms with van der Waals surface area (Å²) in [5.41, 5.74) is -0.468. The zero-order valence-corrected chi connectivity index (χ0v) is 11.2. The normalized spacial score (nSPS) is 17.8. The Bertz CT molecular complexity index is 501. The van der Waals surface area contributed by atoms with Crippen LogP contribution in [0.25, 0.3) is 0 Å². The Morgan fingerprint density at radius 3 is 2.55 bits per heavy atom. The minimum absolute atomic E-state index is 0.142. The summed E-state index contributed by atoms with van der Waals surface area (Å²) in [5, 5.41) is 5.87. The van der Waals surface area contributed by atoms with Crippen molar-refractivity contribution in [2.45, 2.75) is 25.8 Å². The second-order valence-corrected chi connectivity index (χ2v) is 5.07. The van der Waals surface area contributed by atoms with E-state index >= 15 is 0 Å². The van der Waals surface area contributed by atoms with Gasteiger partial charge in [-0.2, -0.15) is 0 Å². The van der Waals surface area contributed by atoms with Gasteiger partial charge in [-0.3, -0.25) is 4.79 Å². The number of benzene rings is 1. The molecule has 0 radical (unpaired) electrons. The molecule has 1 heterocycles. The Morgan fingerprint density at radius 1 is 1.25 bits per heavy atom. The predicted molar refractivity (Wildman–Crippen MR) is 68.8 cm³/mol. The number of carbonyl (C=O) groups is 1. The predicted octanol–water partition coefficient (Wildman–Crippen LogP) is 2.22. The molecule has 0 aliphatic carbocycles. The van der Waals surface area contributed by atoms with Crippen molar-refractivity contribution in [2.75, 3.05) is 13.1 Å². The lowest BCUT2D eigenvalue weighted by atomic mass is 9.91. The van der Waals surface area contributed by atoms with Crippen molar-refractivity contribution < 1.29 is 18.0 Å². The van der Waals surface area contributed by atoms with Crippen LogP contribution in [0, 0.1) is 23.4 Å². The molecule has 2 rings (SSSR count). The molecule has 3 nitrogen and oxygen atoms in total. The van der Waals surface area contributed by atoms with E-state index in [1.54, 1.807) is 0 Å². The van der Waals surface area contributed by atoms with Crippen LogP contribution in [-0.2, 0) is 0 Å². The summed E-state index contributed by atoms with van der Waals surface area (Å²) in [7, 11) is 0. The molecule has 1 aliphatic rings. The maximum Gasteiger partial charge on any atom is 0.254 e. The van der Waals surface area contributed by atoms with E-state index in [0.29, 0.717) is 5.92 Å². The molecule has 1 aromatic rings. The first kappa shape index (κ1) is 14.8. The average molecular weight is 286 g/mol. The van der Waals surface area contributed by atoms with Crippen molar-refractivity contribution in [3.8, 4) is 0 Å². The van der Waals surface area contributed by atoms with Gasteiger partial charge in [0.15, 0.2) is 17.5 Å². The molecule has 0 bridgehead atoms. The van der Waals surface area contributed by atoms with Crippen molar-refractivity contribution in [1.29, 1.82) is 0 Å². The van der Waals surface area contributed by atoms with E-state index < -0.39 is 28.9 Å². The summed E-state index contributed by atoms with van der Waals surface area (Å²) in [6, 6.07) is 1.57. The molecule has 110 valence electrons. The van der Waals surface area contributed by atoms with E-state index in [2.05, 4.69) is 10.6 Å². The number of amides is 1. The number of rotatable bonds is 3. The molecule has 6 heteroatoms. The van der Waals surface area contributed by atoms with Gasteiger partial charge < -0.3 is 10.6 Å². The minimum atomic E-state index is -1.62. The number of carbonyl (C=O) groups excluding carboxylic acids is 1. The van der Waals surface area contributed by atoms with E-state index in [1.807, 2.05) is 6.92 Å². The summed E-state index contributed by atoms with van der Waals surface area (Å²) in [6.45, 7) is 3.60. The van der Waals surface area contributed by atoms with Crippen molar-refractivity contribution in [3.05, 3.63) is 35.1 Å². The van der Waals surface area contributed by atoms with Crippen LogP contribution in [-0.4, -0.2) is 25.0 Å². The van der Waals surface area contributed by atoms with Gasteiger partial charge in [-0.15, -0.1) is 0 Å². The fraction of sp³-hybridized carbons (Fsp3) is 0.500. The van der Waals surface area contributed by atoms with E-state index in [0.717, 1.165) is 38.1 Å². The highest BCUT2D eigenvalue weighted by Gasteiger charge is 2.24. The van der Waals surface area contributed by atoms with Crippen molar-refractivity contribution in [2.24, 2.45) is 5.92 Å². The highest BCUT2D eigenvalue weighted by molar-refractivity contribution is 5.94. The zero-order chi connectivity index (χ0) is 14.7. The summed E-state index contributed by atoms with van der Waals surface area (Å²) < 4.78 is 39.4. The molecule has 20 heavy (non-hydrogen) atoms. The monoisotopic (exact) mass is 286 g/mol. The fourth-order valence-electron chi connectivity index (χ4n) is 2.45. The highest BCUT2D eigenvalue weighted by Crippen LogP contribution is 2.18. The molecule has 1 aromatic carbocycles. The van der Waals surface area contributed by atoms with Gasteiger partial charge in [0.1, 0.15) is 0 Å². The van der Waals surface area contributed by atoms with E-state index in [4.69, 9.17) is 0 Å².